The third-order valence-electron chi connectivity index (χ3n) is 15.1. The molecule has 0 unspecified atom stereocenters. The Morgan fingerprint density at radius 3 is 2.67 bits per heavy atom. The number of hydrogen-bond donors (Lipinski definition) is 6. The summed E-state index contributed by atoms with van der Waals surface area (Å²) in [7, 11) is 3.65. The Labute approximate surface area is 359 Å². The third-order valence-corrected chi connectivity index (χ3v) is 15.1. The van der Waals surface area contributed by atoms with Gasteiger partial charge in [-0.1, -0.05) is 84.0 Å². The number of aliphatic hydroxyl groups excluding tert-OH is 3. The lowest BCUT2D eigenvalue weighted by molar-refractivity contribution is -0.194. The van der Waals surface area contributed by atoms with Gasteiger partial charge in [-0.25, -0.2) is 0 Å². The number of aldehydes is 1. The predicted octanol–water partition coefficient (Wildman–Crippen LogP) is 6.38. The number of aliphatic hydroxyl groups is 4. The van der Waals surface area contributed by atoms with Crippen molar-refractivity contribution in [2.24, 2.45) is 40.9 Å². The first kappa shape index (κ1) is 46.5. The zero-order valence-corrected chi connectivity index (χ0v) is 36.8. The molecule has 1 heterocycles. The number of allylic oxidation sites excluding steroid dienone is 9. The molecule has 10 atom stereocenters. The van der Waals surface area contributed by atoms with Gasteiger partial charge in [0.2, 0.25) is 0 Å². The van der Waals surface area contributed by atoms with Crippen LogP contribution in [0.3, 0.4) is 0 Å². The monoisotopic (exact) mass is 827 g/mol. The molecule has 5 aliphatic rings. The van der Waals surface area contributed by atoms with Gasteiger partial charge in [0.25, 0.3) is 0 Å². The Morgan fingerprint density at radius 1 is 1.10 bits per heavy atom. The molecule has 4 aliphatic carbocycles. The largest absolute Gasteiger partial charge is 0.396 e. The van der Waals surface area contributed by atoms with Crippen molar-refractivity contribution < 1.29 is 34.7 Å². The number of methoxy groups -OCH3 is 1. The minimum atomic E-state index is -1.22. The maximum atomic E-state index is 13.0. The van der Waals surface area contributed by atoms with Gasteiger partial charge in [-0.3, -0.25) is 4.79 Å². The minimum Gasteiger partial charge on any atom is -0.396 e. The SMILES string of the molecule is C=C(C=CC=C(COCCO)[C@@H]1CC[C@]2([C@@H]1O)[C@@H]1C(=C(C)C=O)[C@H](C=C[C@H]1CCO)C[C@]2(O)CCNC)[C@H]1Cc2cccc(c2)C[C@@](C)(CCOC)NCC2=C[C@@H]1CCC2. The predicted molar refractivity (Wildman–Crippen MR) is 239 cm³/mol. The van der Waals surface area contributed by atoms with E-state index in [0.29, 0.717) is 56.7 Å². The molecular weight excluding hydrogens is 753 g/mol. The summed E-state index contributed by atoms with van der Waals surface area (Å²) in [5.74, 6) is -0.320. The van der Waals surface area contributed by atoms with Gasteiger partial charge in [0.1, 0.15) is 6.29 Å². The van der Waals surface area contributed by atoms with Crippen LogP contribution in [0.15, 0.2) is 95.2 Å². The van der Waals surface area contributed by atoms with Crippen LogP contribution in [0.25, 0.3) is 0 Å². The van der Waals surface area contributed by atoms with Gasteiger partial charge in [0.15, 0.2) is 0 Å². The van der Waals surface area contributed by atoms with Crippen molar-refractivity contribution >= 4 is 6.29 Å². The molecule has 2 saturated carbocycles. The molecule has 0 amide bonds. The van der Waals surface area contributed by atoms with Gasteiger partial charge in [-0.05, 0) is 144 Å². The lowest BCUT2D eigenvalue weighted by Crippen LogP contribution is -2.65. The lowest BCUT2D eigenvalue weighted by Gasteiger charge is -2.61. The average Bonchev–Trinajstić information content (AvgIpc) is 3.59. The van der Waals surface area contributed by atoms with Crippen molar-refractivity contribution in [3.8, 4) is 0 Å². The molecule has 0 saturated heterocycles. The molecule has 6 N–H and O–H groups in total. The van der Waals surface area contributed by atoms with Crippen LogP contribution >= 0.6 is 0 Å². The first-order chi connectivity index (χ1) is 29.0. The maximum Gasteiger partial charge on any atom is 0.145 e. The highest BCUT2D eigenvalue weighted by atomic mass is 16.5. The number of rotatable bonds is 17. The van der Waals surface area contributed by atoms with E-state index in [1.165, 1.54) is 16.7 Å². The zero-order chi connectivity index (χ0) is 42.9. The number of hydrogen-bond acceptors (Lipinski definition) is 9. The van der Waals surface area contributed by atoms with Crippen LogP contribution in [0.5, 0.6) is 0 Å². The number of carbonyl (C=O) groups is 1. The molecule has 6 rings (SSSR count). The van der Waals surface area contributed by atoms with Crippen molar-refractivity contribution in [2.75, 3.05) is 60.3 Å². The summed E-state index contributed by atoms with van der Waals surface area (Å²) >= 11 is 0. The average molecular weight is 827 g/mol. The molecule has 60 heavy (non-hydrogen) atoms. The summed E-state index contributed by atoms with van der Waals surface area (Å²) in [5, 5.41) is 53.0. The molecule has 1 aromatic rings. The summed E-state index contributed by atoms with van der Waals surface area (Å²) < 4.78 is 11.5. The molecule has 330 valence electrons. The Morgan fingerprint density at radius 2 is 1.92 bits per heavy atom. The van der Waals surface area contributed by atoms with Gasteiger partial charge in [0.05, 0.1) is 31.5 Å². The zero-order valence-electron chi connectivity index (χ0n) is 36.8. The number of ether oxygens (including phenoxy) is 2. The number of benzene rings is 1. The highest BCUT2D eigenvalue weighted by Crippen LogP contribution is 2.67. The second-order valence-electron chi connectivity index (χ2n) is 18.9. The van der Waals surface area contributed by atoms with E-state index < -0.39 is 17.1 Å². The van der Waals surface area contributed by atoms with Crippen LogP contribution in [-0.2, 0) is 27.1 Å². The van der Waals surface area contributed by atoms with Crippen LogP contribution in [0.4, 0.5) is 0 Å². The molecule has 1 aliphatic heterocycles. The van der Waals surface area contributed by atoms with Crippen LogP contribution in [-0.4, -0.2) is 104 Å². The molecule has 0 radical (unpaired) electrons. The second-order valence-corrected chi connectivity index (χ2v) is 18.9. The molecule has 1 spiro atoms. The first-order valence-corrected chi connectivity index (χ1v) is 22.7. The maximum absolute atomic E-state index is 13.0. The van der Waals surface area contributed by atoms with E-state index >= 15 is 0 Å². The summed E-state index contributed by atoms with van der Waals surface area (Å²) in [4.78, 5) is 12.4. The first-order valence-electron chi connectivity index (χ1n) is 22.7. The Balaban J connectivity index is 1.33. The van der Waals surface area contributed by atoms with Gasteiger partial charge >= 0.3 is 0 Å². The number of carbonyl (C=O) groups excluding carboxylic acids is 1. The highest BCUT2D eigenvalue weighted by Gasteiger charge is 2.68. The van der Waals surface area contributed by atoms with Gasteiger partial charge in [-0.2, -0.15) is 0 Å². The second kappa shape index (κ2) is 20.9. The molecule has 9 nitrogen and oxygen atoms in total. The van der Waals surface area contributed by atoms with Crippen molar-refractivity contribution in [2.45, 2.75) is 102 Å². The normalized spacial score (nSPS) is 35.2. The fourth-order valence-corrected chi connectivity index (χ4v) is 12.1. The van der Waals surface area contributed by atoms with Gasteiger partial charge in [-0.15, -0.1) is 0 Å². The minimum absolute atomic E-state index is 0.0292. The summed E-state index contributed by atoms with van der Waals surface area (Å²) in [6, 6.07) is 9.04. The van der Waals surface area contributed by atoms with Gasteiger partial charge in [0, 0.05) is 49.7 Å². The molecule has 6 bridgehead atoms. The van der Waals surface area contributed by atoms with Crippen molar-refractivity contribution in [3.63, 3.8) is 0 Å². The summed E-state index contributed by atoms with van der Waals surface area (Å²) in [6.45, 7) is 11.3. The van der Waals surface area contributed by atoms with E-state index in [1.807, 2.05) is 14.0 Å². The summed E-state index contributed by atoms with van der Waals surface area (Å²) in [6.07, 6.45) is 21.7. The van der Waals surface area contributed by atoms with Crippen molar-refractivity contribution in [1.29, 1.82) is 0 Å². The van der Waals surface area contributed by atoms with E-state index in [9.17, 15) is 25.2 Å². The van der Waals surface area contributed by atoms with E-state index in [-0.39, 0.29) is 61.6 Å². The fraction of sp³-hybridized carbons (Fsp3) is 0.627. The smallest absolute Gasteiger partial charge is 0.145 e. The van der Waals surface area contributed by atoms with E-state index in [2.05, 4.69) is 78.3 Å². The third kappa shape index (κ3) is 9.95. The van der Waals surface area contributed by atoms with Crippen molar-refractivity contribution in [3.05, 3.63) is 106 Å². The van der Waals surface area contributed by atoms with Gasteiger partial charge < -0.3 is 40.5 Å². The van der Waals surface area contributed by atoms with Crippen LogP contribution < -0.4 is 10.6 Å². The van der Waals surface area contributed by atoms with Crippen LogP contribution in [0.1, 0.15) is 82.8 Å². The Hall–Kier alpha value is -2.99. The van der Waals surface area contributed by atoms with E-state index in [4.69, 9.17) is 16.1 Å². The highest BCUT2D eigenvalue weighted by molar-refractivity contribution is 5.74. The van der Waals surface area contributed by atoms with Crippen molar-refractivity contribution in [1.82, 2.24) is 10.6 Å². The molecule has 1 aromatic carbocycles. The Bertz CT molecular complexity index is 1800. The number of nitrogens with one attached hydrogen (secondary N) is 2. The fourth-order valence-electron chi connectivity index (χ4n) is 12.1. The van der Waals surface area contributed by atoms with E-state index in [1.54, 1.807) is 7.11 Å². The van der Waals surface area contributed by atoms with E-state index in [0.717, 1.165) is 68.1 Å². The molecule has 0 aromatic heterocycles. The topological polar surface area (TPSA) is 141 Å². The van der Waals surface area contributed by atoms with Crippen LogP contribution in [0, 0.1) is 40.9 Å². The standard InChI is InChI=1S/C51H74N2O7/c1-35(45-29-37-10-7-11-38(27-37)30-49(3,21-25-59-5)53-32-39-12-8-13-41(45)28-39)9-6-14-43(34-60-26-24-55)44-17-19-51(48(44)57)47-40(18-23-54)15-16-42(46(47)36(2)33-56)31-50(51,58)20-22-52-4/h6-7,9-11,14-16,27-28,33,40-42,44-45,47-48,52-55,57-58H,1,8,12-13,17-26,29-32,34H2,2-5H3/t40-,41-,42+,44-,45+,47-,48+,49+,50+,51+/m0/s1. The molecule has 2 fully saturated rings. The molecule has 9 heteroatoms. The summed E-state index contributed by atoms with van der Waals surface area (Å²) in [5.41, 5.74) is 5.47. The Kier molecular flexibility index (Phi) is 16.2. The number of fused-ring (bicyclic) bond motifs is 6. The molecular formula is C51H74N2O7. The lowest BCUT2D eigenvalue weighted by atomic mass is 9.45. The quantitative estimate of drug-likeness (QED) is 0.0348. The van der Waals surface area contributed by atoms with Crippen LogP contribution in [0.2, 0.25) is 0 Å².